The number of piperazine rings is 1. The Hall–Kier alpha value is -0.810. The summed E-state index contributed by atoms with van der Waals surface area (Å²) in [5.74, 6) is 0.753. The van der Waals surface area contributed by atoms with E-state index in [1.54, 1.807) is 7.11 Å². The minimum atomic E-state index is 0.705. The van der Waals surface area contributed by atoms with Crippen molar-refractivity contribution in [1.29, 1.82) is 0 Å². The Balaban J connectivity index is 1.51. The second-order valence-electron chi connectivity index (χ2n) is 6.62. The van der Waals surface area contributed by atoms with Gasteiger partial charge in [0.05, 0.1) is 12.1 Å². The number of halogens is 1. The Bertz CT molecular complexity index is 517. The molecular formula is C18H28ClN3O. The van der Waals surface area contributed by atoms with Crippen molar-refractivity contribution in [3.05, 3.63) is 28.8 Å². The highest BCUT2D eigenvalue weighted by Crippen LogP contribution is 2.26. The fraction of sp³-hybridized carbons (Fsp3) is 0.667. The van der Waals surface area contributed by atoms with Gasteiger partial charge in [0.1, 0.15) is 5.75 Å². The number of likely N-dealkylation sites (tertiary alicyclic amines) is 1. The second-order valence-corrected chi connectivity index (χ2v) is 7.02. The van der Waals surface area contributed by atoms with Gasteiger partial charge in [-0.25, -0.2) is 0 Å². The van der Waals surface area contributed by atoms with Gasteiger partial charge in [-0.15, -0.1) is 0 Å². The average molecular weight is 338 g/mol. The van der Waals surface area contributed by atoms with E-state index in [0.29, 0.717) is 5.02 Å². The monoisotopic (exact) mass is 337 g/mol. The summed E-state index contributed by atoms with van der Waals surface area (Å²) in [6, 6.07) is 6.85. The molecule has 0 spiro atoms. The summed E-state index contributed by atoms with van der Waals surface area (Å²) in [5.41, 5.74) is 1.27. The first-order chi connectivity index (χ1) is 11.2. The van der Waals surface area contributed by atoms with Crippen LogP contribution in [0.25, 0.3) is 0 Å². The predicted molar refractivity (Wildman–Crippen MR) is 95.4 cm³/mol. The molecule has 0 radical (unpaired) electrons. The molecule has 1 unspecified atom stereocenters. The molecule has 3 rings (SSSR count). The third-order valence-corrected chi connectivity index (χ3v) is 5.54. The summed E-state index contributed by atoms with van der Waals surface area (Å²) < 4.78 is 5.23. The smallest absolute Gasteiger partial charge is 0.137 e. The predicted octanol–water partition coefficient (Wildman–Crippen LogP) is 2.56. The van der Waals surface area contributed by atoms with Crippen molar-refractivity contribution in [1.82, 2.24) is 14.7 Å². The Morgan fingerprint density at radius 1 is 1.13 bits per heavy atom. The molecule has 2 fully saturated rings. The SMILES string of the molecule is CCN1CCN(C2CCN(Cc3ccc(OC)c(Cl)c3)C2)CC1. The topological polar surface area (TPSA) is 19.0 Å². The van der Waals surface area contributed by atoms with Crippen molar-refractivity contribution < 1.29 is 4.74 Å². The molecular weight excluding hydrogens is 310 g/mol. The number of methoxy groups -OCH3 is 1. The molecule has 1 aromatic rings. The molecule has 1 aromatic carbocycles. The van der Waals surface area contributed by atoms with Crippen molar-refractivity contribution in [2.75, 3.05) is 52.9 Å². The minimum absolute atomic E-state index is 0.705. The van der Waals surface area contributed by atoms with Crippen LogP contribution in [-0.2, 0) is 6.54 Å². The van der Waals surface area contributed by atoms with Crippen LogP contribution in [0.15, 0.2) is 18.2 Å². The molecule has 0 aliphatic carbocycles. The Morgan fingerprint density at radius 3 is 2.57 bits per heavy atom. The van der Waals surface area contributed by atoms with E-state index in [-0.39, 0.29) is 0 Å². The van der Waals surface area contributed by atoms with E-state index in [0.717, 1.165) is 18.3 Å². The van der Waals surface area contributed by atoms with Crippen molar-refractivity contribution >= 4 is 11.6 Å². The van der Waals surface area contributed by atoms with Crippen LogP contribution in [0.4, 0.5) is 0 Å². The first kappa shape index (κ1) is 17.0. The molecule has 0 saturated carbocycles. The standard InChI is InChI=1S/C18H28ClN3O/c1-3-20-8-10-22(11-9-20)16-6-7-21(14-16)13-15-4-5-18(23-2)17(19)12-15/h4-5,12,16H,3,6-11,13-14H2,1-2H3. The van der Waals surface area contributed by atoms with Gasteiger partial charge in [-0.05, 0) is 30.7 Å². The van der Waals surface area contributed by atoms with E-state index in [9.17, 15) is 0 Å². The molecule has 2 aliphatic heterocycles. The van der Waals surface area contributed by atoms with E-state index in [1.807, 2.05) is 12.1 Å². The fourth-order valence-electron chi connectivity index (χ4n) is 3.77. The molecule has 0 amide bonds. The molecule has 1 atom stereocenters. The van der Waals surface area contributed by atoms with Crippen LogP contribution < -0.4 is 4.74 Å². The van der Waals surface area contributed by atoms with Crippen LogP contribution in [0, 0.1) is 0 Å². The Labute approximate surface area is 144 Å². The zero-order valence-electron chi connectivity index (χ0n) is 14.3. The maximum absolute atomic E-state index is 6.24. The Kier molecular flexibility index (Phi) is 5.81. The van der Waals surface area contributed by atoms with Crippen LogP contribution in [0.1, 0.15) is 18.9 Å². The van der Waals surface area contributed by atoms with Gasteiger partial charge in [-0.3, -0.25) is 9.80 Å². The van der Waals surface area contributed by atoms with Gasteiger partial charge < -0.3 is 9.64 Å². The first-order valence-corrected chi connectivity index (χ1v) is 9.08. The van der Waals surface area contributed by atoms with Crippen LogP contribution in [0.5, 0.6) is 5.75 Å². The van der Waals surface area contributed by atoms with Gasteiger partial charge in [0.15, 0.2) is 0 Å². The van der Waals surface area contributed by atoms with Gasteiger partial charge in [0.25, 0.3) is 0 Å². The summed E-state index contributed by atoms with van der Waals surface area (Å²) in [6.07, 6.45) is 1.29. The largest absolute Gasteiger partial charge is 0.495 e. The number of likely N-dealkylation sites (N-methyl/N-ethyl adjacent to an activating group) is 1. The van der Waals surface area contributed by atoms with Crippen molar-refractivity contribution in [3.63, 3.8) is 0 Å². The van der Waals surface area contributed by atoms with E-state index in [1.165, 1.54) is 57.8 Å². The highest BCUT2D eigenvalue weighted by molar-refractivity contribution is 6.32. The van der Waals surface area contributed by atoms with Crippen LogP contribution in [0.2, 0.25) is 5.02 Å². The van der Waals surface area contributed by atoms with Gasteiger partial charge in [0, 0.05) is 51.9 Å². The summed E-state index contributed by atoms with van der Waals surface area (Å²) in [4.78, 5) is 7.78. The van der Waals surface area contributed by atoms with Gasteiger partial charge in [-0.1, -0.05) is 24.6 Å². The second kappa shape index (κ2) is 7.84. The third kappa shape index (κ3) is 4.18. The third-order valence-electron chi connectivity index (χ3n) is 5.24. The molecule has 2 saturated heterocycles. The summed E-state index contributed by atoms with van der Waals surface area (Å²) in [5, 5.41) is 0.705. The zero-order chi connectivity index (χ0) is 16.2. The molecule has 0 N–H and O–H groups in total. The summed E-state index contributed by atoms with van der Waals surface area (Å²) in [7, 11) is 1.66. The maximum atomic E-state index is 6.24. The first-order valence-electron chi connectivity index (χ1n) is 8.70. The summed E-state index contributed by atoms with van der Waals surface area (Å²) in [6.45, 7) is 11.7. The number of benzene rings is 1. The zero-order valence-corrected chi connectivity index (χ0v) is 15.1. The van der Waals surface area contributed by atoms with Gasteiger partial charge in [0.2, 0.25) is 0 Å². The van der Waals surface area contributed by atoms with E-state index < -0.39 is 0 Å². The fourth-order valence-corrected chi connectivity index (χ4v) is 4.05. The molecule has 5 heteroatoms. The molecule has 128 valence electrons. The molecule has 0 aromatic heterocycles. The molecule has 23 heavy (non-hydrogen) atoms. The molecule has 2 heterocycles. The quantitative estimate of drug-likeness (QED) is 0.822. The summed E-state index contributed by atoms with van der Waals surface area (Å²) >= 11 is 6.24. The maximum Gasteiger partial charge on any atom is 0.137 e. The molecule has 2 aliphatic rings. The van der Waals surface area contributed by atoms with Gasteiger partial charge >= 0.3 is 0 Å². The van der Waals surface area contributed by atoms with Crippen molar-refractivity contribution in [2.45, 2.75) is 25.9 Å². The normalized spacial score (nSPS) is 24.2. The lowest BCUT2D eigenvalue weighted by molar-refractivity contribution is 0.101. The lowest BCUT2D eigenvalue weighted by Crippen LogP contribution is -2.50. The molecule has 0 bridgehead atoms. The number of hydrogen-bond acceptors (Lipinski definition) is 4. The highest BCUT2D eigenvalue weighted by atomic mass is 35.5. The van der Waals surface area contributed by atoms with Gasteiger partial charge in [-0.2, -0.15) is 0 Å². The highest BCUT2D eigenvalue weighted by Gasteiger charge is 2.29. The van der Waals surface area contributed by atoms with Crippen LogP contribution >= 0.6 is 11.6 Å². The number of ether oxygens (including phenoxy) is 1. The van der Waals surface area contributed by atoms with Crippen molar-refractivity contribution in [2.24, 2.45) is 0 Å². The Morgan fingerprint density at radius 2 is 1.91 bits per heavy atom. The van der Waals surface area contributed by atoms with Crippen molar-refractivity contribution in [3.8, 4) is 5.75 Å². The average Bonchev–Trinajstić information content (AvgIpc) is 3.03. The number of rotatable bonds is 5. The number of hydrogen-bond donors (Lipinski definition) is 0. The van der Waals surface area contributed by atoms with E-state index in [4.69, 9.17) is 16.3 Å². The van der Waals surface area contributed by atoms with Crippen LogP contribution in [-0.4, -0.2) is 73.7 Å². The number of nitrogens with zero attached hydrogens (tertiary/aromatic N) is 3. The minimum Gasteiger partial charge on any atom is -0.495 e. The molecule has 4 nitrogen and oxygen atoms in total. The van der Waals surface area contributed by atoms with Crippen LogP contribution in [0.3, 0.4) is 0 Å². The lowest BCUT2D eigenvalue weighted by atomic mass is 10.2. The van der Waals surface area contributed by atoms with E-state index in [2.05, 4.69) is 27.7 Å². The van der Waals surface area contributed by atoms with E-state index >= 15 is 0 Å². The lowest BCUT2D eigenvalue weighted by Gasteiger charge is -2.37.